The number of benzene rings is 1. The van der Waals surface area contributed by atoms with Gasteiger partial charge >= 0.3 is 0 Å². The molecule has 1 N–H and O–H groups in total. The van der Waals surface area contributed by atoms with E-state index in [1.54, 1.807) is 30.3 Å². The summed E-state index contributed by atoms with van der Waals surface area (Å²) in [6, 6.07) is 6.90. The Balaban J connectivity index is 2.14. The van der Waals surface area contributed by atoms with E-state index >= 15 is 0 Å². The van der Waals surface area contributed by atoms with Crippen molar-refractivity contribution in [3.8, 4) is 0 Å². The first-order valence-electron chi connectivity index (χ1n) is 5.82. The number of halogens is 1. The summed E-state index contributed by atoms with van der Waals surface area (Å²) in [7, 11) is 0. The Morgan fingerprint density at radius 3 is 2.83 bits per heavy atom. The van der Waals surface area contributed by atoms with Gasteiger partial charge in [-0.1, -0.05) is 17.7 Å². The fourth-order valence-electron chi connectivity index (χ4n) is 1.86. The van der Waals surface area contributed by atoms with E-state index in [4.69, 9.17) is 11.6 Å². The third-order valence-corrected chi connectivity index (χ3v) is 3.03. The van der Waals surface area contributed by atoms with Crippen molar-refractivity contribution in [1.29, 1.82) is 0 Å². The van der Waals surface area contributed by atoms with Crippen molar-refractivity contribution >= 4 is 17.4 Å². The zero-order valence-corrected chi connectivity index (χ0v) is 10.8. The number of rotatable bonds is 4. The van der Waals surface area contributed by atoms with E-state index in [2.05, 4.69) is 16.8 Å². The molecule has 0 bridgehead atoms. The molecular weight excluding hydrogens is 248 g/mol. The van der Waals surface area contributed by atoms with Crippen LogP contribution < -0.4 is 5.32 Å². The lowest BCUT2D eigenvalue weighted by atomic mass is 10.1. The molecule has 0 aliphatic carbocycles. The van der Waals surface area contributed by atoms with Crippen LogP contribution in [-0.2, 0) is 0 Å². The molecule has 94 valence electrons. The number of nitrogens with one attached hydrogen (secondary N) is 1. The molecule has 18 heavy (non-hydrogen) atoms. The van der Waals surface area contributed by atoms with Crippen LogP contribution in [-0.4, -0.2) is 30.3 Å². The third kappa shape index (κ3) is 2.93. The number of ketones is 1. The quantitative estimate of drug-likeness (QED) is 0.514. The molecule has 2 rings (SSSR count). The number of allylic oxidation sites excluding steroid dienone is 1. The van der Waals surface area contributed by atoms with Crippen molar-refractivity contribution in [3.63, 3.8) is 0 Å². The number of hydrogen-bond acceptors (Lipinski definition) is 3. The molecule has 3 nitrogen and oxygen atoms in total. The van der Waals surface area contributed by atoms with E-state index in [9.17, 15) is 4.79 Å². The fourth-order valence-corrected chi connectivity index (χ4v) is 1.99. The molecule has 1 saturated heterocycles. The summed E-state index contributed by atoms with van der Waals surface area (Å²) in [5.74, 6) is 0.833. The first-order valence-corrected chi connectivity index (χ1v) is 6.20. The number of nitrogens with zero attached hydrogens (tertiary/aromatic N) is 1. The smallest absolute Gasteiger partial charge is 0.189 e. The van der Waals surface area contributed by atoms with Crippen LogP contribution in [0.25, 0.3) is 0 Å². The highest BCUT2D eigenvalue weighted by Gasteiger charge is 2.16. The van der Waals surface area contributed by atoms with Gasteiger partial charge in [0.1, 0.15) is 5.82 Å². The summed E-state index contributed by atoms with van der Waals surface area (Å²) in [5, 5.41) is 3.83. The maximum absolute atomic E-state index is 12.0. The second kappa shape index (κ2) is 5.74. The minimum Gasteiger partial charge on any atom is -0.370 e. The minimum absolute atomic E-state index is 0.0230. The van der Waals surface area contributed by atoms with Crippen LogP contribution in [0.5, 0.6) is 0 Å². The van der Waals surface area contributed by atoms with Crippen molar-refractivity contribution in [1.82, 2.24) is 10.2 Å². The molecule has 0 atom stereocenters. The maximum atomic E-state index is 12.0. The van der Waals surface area contributed by atoms with Crippen molar-refractivity contribution < 1.29 is 4.79 Å². The molecule has 0 aromatic heterocycles. The number of hydrogen-bond donors (Lipinski definition) is 1. The molecule has 0 unspecified atom stereocenters. The van der Waals surface area contributed by atoms with Crippen molar-refractivity contribution in [2.45, 2.75) is 0 Å². The Labute approximate surface area is 112 Å². The van der Waals surface area contributed by atoms with Crippen molar-refractivity contribution in [2.24, 2.45) is 0 Å². The molecule has 1 aliphatic heterocycles. The second-order valence-corrected chi connectivity index (χ2v) is 4.50. The monoisotopic (exact) mass is 262 g/mol. The lowest BCUT2D eigenvalue weighted by molar-refractivity contribution is 0.104. The second-order valence-electron chi connectivity index (χ2n) is 4.06. The highest BCUT2D eigenvalue weighted by molar-refractivity contribution is 6.30. The van der Waals surface area contributed by atoms with E-state index < -0.39 is 0 Å². The predicted molar refractivity (Wildman–Crippen MR) is 73.6 cm³/mol. The largest absolute Gasteiger partial charge is 0.370 e. The normalized spacial score (nSPS) is 16.7. The van der Waals surface area contributed by atoms with Crippen LogP contribution in [0.3, 0.4) is 0 Å². The molecule has 0 spiro atoms. The molecule has 1 aromatic carbocycles. The molecule has 4 heteroatoms. The van der Waals surface area contributed by atoms with Crippen LogP contribution in [0, 0.1) is 0 Å². The molecule has 1 heterocycles. The van der Waals surface area contributed by atoms with Crippen LogP contribution >= 0.6 is 11.6 Å². The van der Waals surface area contributed by atoms with Gasteiger partial charge in [0.25, 0.3) is 0 Å². The molecule has 0 radical (unpaired) electrons. The average Bonchev–Trinajstić information content (AvgIpc) is 2.78. The number of carbonyl (C=O) groups excluding carboxylic acids is 1. The topological polar surface area (TPSA) is 32.3 Å². The summed E-state index contributed by atoms with van der Waals surface area (Å²) < 4.78 is 0. The summed E-state index contributed by atoms with van der Waals surface area (Å²) >= 11 is 5.79. The SMILES string of the molecule is C=CCN1CCN/C1=C\C(=O)c1ccc(Cl)cc1. The molecule has 0 saturated carbocycles. The lowest BCUT2D eigenvalue weighted by Crippen LogP contribution is -2.21. The zero-order chi connectivity index (χ0) is 13.0. The fraction of sp³-hybridized carbons (Fsp3) is 0.214. The first-order chi connectivity index (χ1) is 8.70. The molecule has 1 fully saturated rings. The maximum Gasteiger partial charge on any atom is 0.189 e. The standard InChI is InChI=1S/C14H15ClN2O/c1-2-8-17-9-7-16-14(17)10-13(18)11-3-5-12(15)6-4-11/h2-6,10,16H,1,7-9H2/b14-10+. The molecular formula is C14H15ClN2O. The van der Waals surface area contributed by atoms with Gasteiger partial charge < -0.3 is 10.2 Å². The summed E-state index contributed by atoms with van der Waals surface area (Å²) in [6.07, 6.45) is 3.45. The first kappa shape index (κ1) is 12.7. The van der Waals surface area contributed by atoms with Crippen LogP contribution in [0.4, 0.5) is 0 Å². The Morgan fingerprint density at radius 1 is 1.44 bits per heavy atom. The lowest BCUT2D eigenvalue weighted by Gasteiger charge is -2.15. The predicted octanol–water partition coefficient (Wildman–Crippen LogP) is 2.46. The highest BCUT2D eigenvalue weighted by atomic mass is 35.5. The Bertz CT molecular complexity index is 479. The van der Waals surface area contributed by atoms with Crippen molar-refractivity contribution in [3.05, 3.63) is 59.4 Å². The Kier molecular flexibility index (Phi) is 4.05. The van der Waals surface area contributed by atoms with E-state index in [1.165, 1.54) is 0 Å². The van der Waals surface area contributed by atoms with Gasteiger partial charge in [-0.15, -0.1) is 6.58 Å². The van der Waals surface area contributed by atoms with Crippen LogP contribution in [0.1, 0.15) is 10.4 Å². The minimum atomic E-state index is -0.0230. The van der Waals surface area contributed by atoms with Gasteiger partial charge in [-0.2, -0.15) is 0 Å². The van der Waals surface area contributed by atoms with Crippen LogP contribution in [0.2, 0.25) is 5.02 Å². The zero-order valence-electron chi connectivity index (χ0n) is 10.0. The highest BCUT2D eigenvalue weighted by Crippen LogP contribution is 2.13. The van der Waals surface area contributed by atoms with Gasteiger partial charge in [-0.3, -0.25) is 4.79 Å². The van der Waals surface area contributed by atoms with Crippen LogP contribution in [0.15, 0.2) is 48.8 Å². The molecule has 1 aliphatic rings. The molecule has 0 amide bonds. The van der Waals surface area contributed by atoms with E-state index in [-0.39, 0.29) is 5.78 Å². The Hall–Kier alpha value is -1.74. The van der Waals surface area contributed by atoms with Gasteiger partial charge in [-0.05, 0) is 24.3 Å². The van der Waals surface area contributed by atoms with E-state index in [0.717, 1.165) is 25.5 Å². The van der Waals surface area contributed by atoms with Gasteiger partial charge in [0.15, 0.2) is 5.78 Å². The average molecular weight is 263 g/mol. The summed E-state index contributed by atoms with van der Waals surface area (Å²) in [4.78, 5) is 14.1. The Morgan fingerprint density at radius 2 is 2.17 bits per heavy atom. The third-order valence-electron chi connectivity index (χ3n) is 2.77. The summed E-state index contributed by atoms with van der Waals surface area (Å²) in [5.41, 5.74) is 0.638. The van der Waals surface area contributed by atoms with Gasteiger partial charge in [0.05, 0.1) is 0 Å². The summed E-state index contributed by atoms with van der Waals surface area (Å²) in [6.45, 7) is 6.20. The van der Waals surface area contributed by atoms with E-state index in [1.807, 2.05) is 6.08 Å². The van der Waals surface area contributed by atoms with E-state index in [0.29, 0.717) is 10.6 Å². The van der Waals surface area contributed by atoms with Crippen molar-refractivity contribution in [2.75, 3.05) is 19.6 Å². The van der Waals surface area contributed by atoms with Gasteiger partial charge in [0, 0.05) is 36.3 Å². The van der Waals surface area contributed by atoms with Gasteiger partial charge in [-0.25, -0.2) is 0 Å². The number of carbonyl (C=O) groups is 1. The molecule has 1 aromatic rings. The van der Waals surface area contributed by atoms with Gasteiger partial charge in [0.2, 0.25) is 0 Å².